The van der Waals surface area contributed by atoms with Gasteiger partial charge in [0, 0.05) is 0 Å². The van der Waals surface area contributed by atoms with E-state index in [1.165, 1.54) is 50.8 Å². The third kappa shape index (κ3) is 2.75. The van der Waals surface area contributed by atoms with Crippen LogP contribution in [-0.4, -0.2) is 33.2 Å². The number of piperidine rings is 1. The van der Waals surface area contributed by atoms with Crippen molar-refractivity contribution >= 4 is 31.6 Å². The molecule has 4 rings (SSSR count). The topological polar surface area (TPSA) is 48.8 Å². The maximum atomic E-state index is 4.60. The zero-order valence-electron chi connectivity index (χ0n) is 12.2. The predicted octanol–water partition coefficient (Wildman–Crippen LogP) is 3.76. The van der Waals surface area contributed by atoms with Crippen LogP contribution in [0.25, 0.3) is 0 Å². The zero-order valence-corrected chi connectivity index (χ0v) is 13.9. The fourth-order valence-electron chi connectivity index (χ4n) is 4.02. The van der Waals surface area contributed by atoms with Gasteiger partial charge in [-0.3, -0.25) is 0 Å². The summed E-state index contributed by atoms with van der Waals surface area (Å²) >= 11 is 0.0557. The summed E-state index contributed by atoms with van der Waals surface area (Å²) in [7, 11) is 0. The van der Waals surface area contributed by atoms with Gasteiger partial charge in [0.15, 0.2) is 0 Å². The van der Waals surface area contributed by atoms with Crippen LogP contribution in [0.15, 0.2) is 26.1 Å². The van der Waals surface area contributed by atoms with Gasteiger partial charge in [-0.15, -0.1) is 0 Å². The first-order valence-corrected chi connectivity index (χ1v) is 9.66. The zero-order chi connectivity index (χ0) is 14.1. The molecule has 1 aromatic rings. The molecule has 2 aliphatic heterocycles. The molecule has 21 heavy (non-hydrogen) atoms. The SMILES string of the molecule is c1cc2c(c(NC3CCCC3C3CCCCN3)c1)N=[Se]=N2. The van der Waals surface area contributed by atoms with Crippen molar-refractivity contribution in [2.45, 2.75) is 50.6 Å². The summed E-state index contributed by atoms with van der Waals surface area (Å²) in [6, 6.07) is 7.65. The Morgan fingerprint density at radius 2 is 2.10 bits per heavy atom. The number of nitrogens with zero attached hydrogens (tertiary/aromatic N) is 2. The van der Waals surface area contributed by atoms with E-state index in [1.807, 2.05) is 0 Å². The van der Waals surface area contributed by atoms with Crippen molar-refractivity contribution in [1.82, 2.24) is 5.32 Å². The molecule has 0 bridgehead atoms. The average molecular weight is 349 g/mol. The van der Waals surface area contributed by atoms with Gasteiger partial charge in [-0.25, -0.2) is 0 Å². The summed E-state index contributed by atoms with van der Waals surface area (Å²) in [5.41, 5.74) is 3.37. The van der Waals surface area contributed by atoms with Gasteiger partial charge in [0.05, 0.1) is 0 Å². The number of hydrogen-bond donors (Lipinski definition) is 2. The summed E-state index contributed by atoms with van der Waals surface area (Å²) in [5.74, 6) is 0.769. The summed E-state index contributed by atoms with van der Waals surface area (Å²) in [6.07, 6.45) is 8.07. The molecular formula is C16H22N4Se. The van der Waals surface area contributed by atoms with Crippen LogP contribution in [0.1, 0.15) is 38.5 Å². The van der Waals surface area contributed by atoms with E-state index >= 15 is 0 Å². The van der Waals surface area contributed by atoms with E-state index in [2.05, 4.69) is 36.8 Å². The molecule has 3 atom stereocenters. The van der Waals surface area contributed by atoms with Gasteiger partial charge in [-0.1, -0.05) is 0 Å². The molecule has 2 fully saturated rings. The molecule has 1 aromatic carbocycles. The number of anilines is 1. The number of fused-ring (bicyclic) bond motifs is 1. The van der Waals surface area contributed by atoms with Crippen molar-refractivity contribution in [3.63, 3.8) is 0 Å². The third-order valence-corrected chi connectivity index (χ3v) is 6.20. The van der Waals surface area contributed by atoms with Gasteiger partial charge in [-0.2, -0.15) is 0 Å². The Labute approximate surface area is 131 Å². The Morgan fingerprint density at radius 1 is 1.10 bits per heavy atom. The Kier molecular flexibility index (Phi) is 3.97. The molecule has 0 amide bonds. The molecule has 5 heteroatoms. The van der Waals surface area contributed by atoms with E-state index in [9.17, 15) is 0 Å². The summed E-state index contributed by atoms with van der Waals surface area (Å²) < 4.78 is 9.08. The van der Waals surface area contributed by atoms with Crippen molar-refractivity contribution in [2.75, 3.05) is 11.9 Å². The van der Waals surface area contributed by atoms with Crippen LogP contribution >= 0.6 is 0 Å². The van der Waals surface area contributed by atoms with Crippen molar-refractivity contribution in [3.8, 4) is 0 Å². The Bertz CT molecular complexity index is 588. The fraction of sp³-hybridized carbons (Fsp3) is 0.625. The van der Waals surface area contributed by atoms with Crippen molar-refractivity contribution < 1.29 is 0 Å². The first-order chi connectivity index (χ1) is 10.4. The Morgan fingerprint density at radius 3 is 3.00 bits per heavy atom. The van der Waals surface area contributed by atoms with Gasteiger partial charge in [0.2, 0.25) is 0 Å². The van der Waals surface area contributed by atoms with Crippen molar-refractivity contribution in [1.29, 1.82) is 0 Å². The first-order valence-electron chi connectivity index (χ1n) is 8.13. The number of hydrogen-bond acceptors (Lipinski definition) is 4. The molecule has 2 N–H and O–H groups in total. The quantitative estimate of drug-likeness (QED) is 0.829. The standard InChI is InChI=1S/C16H22N4Se/c1-2-10-17-12(6-1)11-5-3-7-13(11)18-14-8-4-9-15-16(14)20-21-19-15/h4,8-9,11-13,17-18H,1-3,5-7,10H2. The van der Waals surface area contributed by atoms with E-state index < -0.39 is 0 Å². The second-order valence-corrected chi connectivity index (χ2v) is 7.45. The summed E-state index contributed by atoms with van der Waals surface area (Å²) in [6.45, 7) is 1.20. The van der Waals surface area contributed by atoms with Crippen LogP contribution in [0.2, 0.25) is 0 Å². The monoisotopic (exact) mass is 350 g/mol. The van der Waals surface area contributed by atoms with E-state index in [0.717, 1.165) is 17.3 Å². The molecule has 112 valence electrons. The van der Waals surface area contributed by atoms with Crippen molar-refractivity contribution in [3.05, 3.63) is 18.2 Å². The molecule has 3 aliphatic rings. The molecule has 0 spiro atoms. The van der Waals surface area contributed by atoms with Crippen LogP contribution in [0.5, 0.6) is 0 Å². The van der Waals surface area contributed by atoms with Crippen LogP contribution in [0.3, 0.4) is 0 Å². The molecule has 0 radical (unpaired) electrons. The van der Waals surface area contributed by atoms with Gasteiger partial charge >= 0.3 is 131 Å². The fourth-order valence-corrected chi connectivity index (χ4v) is 5.17. The average Bonchev–Trinajstić information content (AvgIpc) is 3.17. The molecule has 1 saturated heterocycles. The normalized spacial score (nSPS) is 31.0. The summed E-state index contributed by atoms with van der Waals surface area (Å²) in [5, 5.41) is 7.56. The molecule has 2 heterocycles. The molecule has 4 nitrogen and oxygen atoms in total. The second kappa shape index (κ2) is 6.07. The second-order valence-electron chi connectivity index (χ2n) is 6.34. The minimum absolute atomic E-state index is 0.0557. The third-order valence-electron chi connectivity index (χ3n) is 5.06. The van der Waals surface area contributed by atoms with Crippen LogP contribution < -0.4 is 10.6 Å². The molecular weight excluding hydrogens is 327 g/mol. The van der Waals surface area contributed by atoms with E-state index in [1.54, 1.807) is 0 Å². The van der Waals surface area contributed by atoms with E-state index in [-0.39, 0.29) is 14.6 Å². The van der Waals surface area contributed by atoms with Crippen LogP contribution in [-0.2, 0) is 0 Å². The first kappa shape index (κ1) is 13.7. The summed E-state index contributed by atoms with van der Waals surface area (Å²) in [4.78, 5) is 0. The molecule has 3 unspecified atom stereocenters. The number of benzene rings is 1. The molecule has 0 aromatic heterocycles. The van der Waals surface area contributed by atoms with E-state index in [0.29, 0.717) is 12.1 Å². The number of rotatable bonds is 3. The van der Waals surface area contributed by atoms with Gasteiger partial charge in [0.1, 0.15) is 0 Å². The van der Waals surface area contributed by atoms with Gasteiger partial charge < -0.3 is 0 Å². The Hall–Kier alpha value is -0.901. The molecule has 1 saturated carbocycles. The predicted molar refractivity (Wildman–Crippen MR) is 86.8 cm³/mol. The maximum absolute atomic E-state index is 4.60. The molecule has 1 aliphatic carbocycles. The van der Waals surface area contributed by atoms with Crippen LogP contribution in [0, 0.1) is 5.92 Å². The van der Waals surface area contributed by atoms with Crippen molar-refractivity contribution in [2.24, 2.45) is 13.8 Å². The van der Waals surface area contributed by atoms with Crippen LogP contribution in [0.4, 0.5) is 17.1 Å². The van der Waals surface area contributed by atoms with Gasteiger partial charge in [-0.05, 0) is 0 Å². The van der Waals surface area contributed by atoms with E-state index in [4.69, 9.17) is 0 Å². The Balaban J connectivity index is 1.51. The minimum atomic E-state index is 0.0557. The van der Waals surface area contributed by atoms with Gasteiger partial charge in [0.25, 0.3) is 0 Å². The number of nitrogens with one attached hydrogen (secondary N) is 2.